The van der Waals surface area contributed by atoms with Crippen LogP contribution in [0.15, 0.2) is 34.9 Å². The Balaban J connectivity index is 1.47. The highest BCUT2D eigenvalue weighted by Crippen LogP contribution is 2.33. The monoisotopic (exact) mass is 520 g/mol. The molecule has 2 aliphatic rings. The summed E-state index contributed by atoms with van der Waals surface area (Å²) in [6.07, 6.45) is 7.32. The fraction of sp³-hybridized carbons (Fsp3) is 0.517. The van der Waals surface area contributed by atoms with E-state index in [1.54, 1.807) is 6.07 Å². The third-order valence-electron chi connectivity index (χ3n) is 7.61. The van der Waals surface area contributed by atoms with Gasteiger partial charge in [0, 0.05) is 43.6 Å². The van der Waals surface area contributed by atoms with Crippen molar-refractivity contribution in [2.24, 2.45) is 11.8 Å². The minimum atomic E-state index is -0.795. The second-order valence-corrected chi connectivity index (χ2v) is 10.7. The van der Waals surface area contributed by atoms with E-state index in [-0.39, 0.29) is 42.7 Å². The standard InChI is InChI=1S/C29H36N4O5/c1-5-20-6-8-22(9-7-20)19(4)30-28(36)24-14-23(35)16-33(24)29(37)27(18(2)3)25-15-26(31-38-25)32-12-10-21(17-34)11-13-32/h1,6-9,15,17-19,21,23-24,27,35H,10-14,16H2,2-4H3,(H,30,36)/t19-,23+,24-,27?/m0/s1. The second kappa shape index (κ2) is 11.8. The van der Waals surface area contributed by atoms with E-state index in [1.165, 1.54) is 4.90 Å². The van der Waals surface area contributed by atoms with Crippen molar-refractivity contribution in [1.82, 2.24) is 15.4 Å². The van der Waals surface area contributed by atoms with Gasteiger partial charge in [-0.15, -0.1) is 6.42 Å². The fourth-order valence-corrected chi connectivity index (χ4v) is 5.32. The highest BCUT2D eigenvalue weighted by Gasteiger charge is 2.43. The van der Waals surface area contributed by atoms with Crippen molar-refractivity contribution in [1.29, 1.82) is 0 Å². The molecule has 2 N–H and O–H groups in total. The maximum absolute atomic E-state index is 13.8. The molecule has 2 aliphatic heterocycles. The van der Waals surface area contributed by atoms with E-state index < -0.39 is 18.1 Å². The largest absolute Gasteiger partial charge is 0.391 e. The van der Waals surface area contributed by atoms with E-state index >= 15 is 0 Å². The summed E-state index contributed by atoms with van der Waals surface area (Å²) in [6, 6.07) is 8.05. The maximum atomic E-state index is 13.8. The Bertz CT molecular complexity index is 1180. The molecule has 0 radical (unpaired) electrons. The number of piperidine rings is 1. The molecule has 4 rings (SSSR count). The van der Waals surface area contributed by atoms with Gasteiger partial charge in [0.1, 0.15) is 18.2 Å². The summed E-state index contributed by atoms with van der Waals surface area (Å²) < 4.78 is 5.65. The number of carbonyl (C=O) groups is 3. The number of nitrogens with zero attached hydrogens (tertiary/aromatic N) is 3. The van der Waals surface area contributed by atoms with Gasteiger partial charge in [0.2, 0.25) is 11.8 Å². The van der Waals surface area contributed by atoms with Crippen molar-refractivity contribution in [3.8, 4) is 12.3 Å². The number of β-amino-alcohol motifs (C(OH)–C–C–N with tert-alkyl or cyclic N) is 1. The van der Waals surface area contributed by atoms with Gasteiger partial charge >= 0.3 is 0 Å². The first-order chi connectivity index (χ1) is 18.2. The average molecular weight is 521 g/mol. The lowest BCUT2D eigenvalue weighted by Gasteiger charge is -2.30. The normalized spacial score (nSPS) is 21.7. The molecule has 2 saturated heterocycles. The van der Waals surface area contributed by atoms with Gasteiger partial charge in [0.05, 0.1) is 12.1 Å². The number of amides is 2. The van der Waals surface area contributed by atoms with Crippen molar-refractivity contribution in [3.05, 3.63) is 47.2 Å². The van der Waals surface area contributed by atoms with Gasteiger partial charge in [0.25, 0.3) is 0 Å². The molecule has 2 amide bonds. The third-order valence-corrected chi connectivity index (χ3v) is 7.61. The Morgan fingerprint density at radius 3 is 2.50 bits per heavy atom. The highest BCUT2D eigenvalue weighted by atomic mass is 16.5. The minimum Gasteiger partial charge on any atom is -0.391 e. The summed E-state index contributed by atoms with van der Waals surface area (Å²) in [5.74, 6) is 2.34. The van der Waals surface area contributed by atoms with Gasteiger partial charge in [0.15, 0.2) is 11.6 Å². The van der Waals surface area contributed by atoms with Gasteiger partial charge in [-0.3, -0.25) is 9.59 Å². The number of aliphatic hydroxyl groups is 1. The smallest absolute Gasteiger partial charge is 0.243 e. The Labute approximate surface area is 223 Å². The number of aliphatic hydroxyl groups excluding tert-OH is 1. The predicted molar refractivity (Wildman–Crippen MR) is 142 cm³/mol. The van der Waals surface area contributed by atoms with Crippen LogP contribution < -0.4 is 10.2 Å². The van der Waals surface area contributed by atoms with Crippen LogP contribution in [0.4, 0.5) is 5.82 Å². The predicted octanol–water partition coefficient (Wildman–Crippen LogP) is 2.65. The third kappa shape index (κ3) is 5.91. The molecule has 38 heavy (non-hydrogen) atoms. The average Bonchev–Trinajstić information content (AvgIpc) is 3.55. The number of likely N-dealkylation sites (tertiary alicyclic amines) is 1. The number of nitrogens with one attached hydrogen (secondary N) is 1. The van der Waals surface area contributed by atoms with E-state index in [1.807, 2.05) is 45.0 Å². The molecule has 0 saturated carbocycles. The molecule has 1 aromatic carbocycles. The van der Waals surface area contributed by atoms with Crippen molar-refractivity contribution in [2.75, 3.05) is 24.5 Å². The number of aromatic nitrogens is 1. The van der Waals surface area contributed by atoms with Gasteiger partial charge in [-0.2, -0.15) is 0 Å². The summed E-state index contributed by atoms with van der Waals surface area (Å²) >= 11 is 0. The van der Waals surface area contributed by atoms with E-state index in [2.05, 4.69) is 21.3 Å². The van der Waals surface area contributed by atoms with Crippen molar-refractivity contribution < 1.29 is 24.0 Å². The number of carbonyl (C=O) groups excluding carboxylic acids is 3. The zero-order valence-corrected chi connectivity index (χ0v) is 22.2. The fourth-order valence-electron chi connectivity index (χ4n) is 5.32. The lowest BCUT2D eigenvalue weighted by Crippen LogP contribution is -2.48. The summed E-state index contributed by atoms with van der Waals surface area (Å²) in [7, 11) is 0. The van der Waals surface area contributed by atoms with E-state index in [9.17, 15) is 19.5 Å². The molecule has 3 heterocycles. The number of hydrogen-bond acceptors (Lipinski definition) is 7. The van der Waals surface area contributed by atoms with Crippen LogP contribution in [0.5, 0.6) is 0 Å². The lowest BCUT2D eigenvalue weighted by atomic mass is 9.91. The van der Waals surface area contributed by atoms with Crippen LogP contribution in [0.2, 0.25) is 0 Å². The summed E-state index contributed by atoms with van der Waals surface area (Å²) in [6.45, 7) is 7.17. The van der Waals surface area contributed by atoms with Crippen LogP contribution in [0.3, 0.4) is 0 Å². The SMILES string of the molecule is C#Cc1ccc([C@H](C)NC(=O)[C@@H]2C[C@@H](O)CN2C(=O)C(c2cc(N3CCC(C=O)CC3)no2)C(C)C)cc1. The van der Waals surface area contributed by atoms with Gasteiger partial charge in [-0.1, -0.05) is 37.1 Å². The van der Waals surface area contributed by atoms with Crippen LogP contribution in [0, 0.1) is 24.2 Å². The van der Waals surface area contributed by atoms with E-state index in [0.29, 0.717) is 24.7 Å². The molecule has 9 nitrogen and oxygen atoms in total. The molecule has 2 fully saturated rings. The summed E-state index contributed by atoms with van der Waals surface area (Å²) in [5.41, 5.74) is 1.64. The Hall–Kier alpha value is -3.64. The number of hydrogen-bond donors (Lipinski definition) is 2. The van der Waals surface area contributed by atoms with E-state index in [4.69, 9.17) is 10.9 Å². The first-order valence-electron chi connectivity index (χ1n) is 13.2. The zero-order valence-electron chi connectivity index (χ0n) is 22.2. The van der Waals surface area contributed by atoms with Crippen molar-refractivity contribution >= 4 is 23.9 Å². The number of anilines is 1. The summed E-state index contributed by atoms with van der Waals surface area (Å²) in [4.78, 5) is 41.7. The minimum absolute atomic E-state index is 0.0670. The molecule has 2 aromatic rings. The van der Waals surface area contributed by atoms with Crippen LogP contribution in [-0.2, 0) is 14.4 Å². The number of aldehydes is 1. The van der Waals surface area contributed by atoms with Gasteiger partial charge in [-0.25, -0.2) is 0 Å². The van der Waals surface area contributed by atoms with Crippen LogP contribution in [-0.4, -0.2) is 65.0 Å². The molecule has 9 heteroatoms. The number of benzene rings is 1. The Morgan fingerprint density at radius 1 is 1.21 bits per heavy atom. The van der Waals surface area contributed by atoms with Crippen LogP contribution >= 0.6 is 0 Å². The zero-order chi connectivity index (χ0) is 27.4. The van der Waals surface area contributed by atoms with Crippen molar-refractivity contribution in [2.45, 2.75) is 64.1 Å². The second-order valence-electron chi connectivity index (χ2n) is 10.7. The number of terminal acetylenes is 1. The molecule has 0 spiro atoms. The first kappa shape index (κ1) is 27.4. The molecule has 4 atom stereocenters. The lowest BCUT2D eigenvalue weighted by molar-refractivity contribution is -0.141. The quantitative estimate of drug-likeness (QED) is 0.406. The summed E-state index contributed by atoms with van der Waals surface area (Å²) in [5, 5.41) is 17.6. The molecule has 0 bridgehead atoms. The maximum Gasteiger partial charge on any atom is 0.243 e. The molecule has 202 valence electrons. The number of rotatable bonds is 8. The molecule has 1 unspecified atom stereocenters. The topological polar surface area (TPSA) is 116 Å². The van der Waals surface area contributed by atoms with E-state index in [0.717, 1.165) is 30.3 Å². The van der Waals surface area contributed by atoms with Gasteiger partial charge in [-0.05, 0) is 43.4 Å². The first-order valence-corrected chi connectivity index (χ1v) is 13.2. The Morgan fingerprint density at radius 2 is 1.89 bits per heavy atom. The molecular formula is C29H36N4O5. The van der Waals surface area contributed by atoms with Crippen molar-refractivity contribution in [3.63, 3.8) is 0 Å². The molecule has 1 aromatic heterocycles. The van der Waals surface area contributed by atoms with Crippen LogP contribution in [0.1, 0.15) is 68.9 Å². The molecular weight excluding hydrogens is 484 g/mol. The van der Waals surface area contributed by atoms with Gasteiger partial charge < -0.3 is 29.5 Å². The Kier molecular flexibility index (Phi) is 8.52. The molecule has 0 aliphatic carbocycles. The van der Waals surface area contributed by atoms with Crippen LogP contribution in [0.25, 0.3) is 0 Å². The highest BCUT2D eigenvalue weighted by molar-refractivity contribution is 5.91.